The van der Waals surface area contributed by atoms with Gasteiger partial charge >= 0.3 is 0 Å². The average molecular weight is 213 g/mol. The number of nitrogens with zero attached hydrogens (tertiary/aromatic N) is 2. The van der Waals surface area contributed by atoms with Crippen LogP contribution >= 0.6 is 11.6 Å². The summed E-state index contributed by atoms with van der Waals surface area (Å²) in [5.74, 6) is 0.398. The molecular weight excluding hydrogens is 200 g/mol. The Kier molecular flexibility index (Phi) is 4.35. The van der Waals surface area contributed by atoms with Gasteiger partial charge in [0.2, 0.25) is 0 Å². The van der Waals surface area contributed by atoms with E-state index in [1.54, 1.807) is 0 Å². The summed E-state index contributed by atoms with van der Waals surface area (Å²) in [6, 6.07) is 0. The molecule has 1 heterocycles. The number of hydrogen-bond donors (Lipinski definition) is 2. The molecule has 0 spiro atoms. The van der Waals surface area contributed by atoms with Crippen LogP contribution in [0.1, 0.15) is 12.1 Å². The molecule has 0 aromatic carbocycles. The molecule has 0 saturated carbocycles. The minimum atomic E-state index is 0.354. The zero-order valence-corrected chi connectivity index (χ0v) is 8.75. The first kappa shape index (κ1) is 10.9. The first-order valence-electron chi connectivity index (χ1n) is 4.33. The predicted molar refractivity (Wildman–Crippen MR) is 59.0 cm³/mol. The number of nitrogens with two attached hydrogens (primary N) is 1. The van der Waals surface area contributed by atoms with Crippen LogP contribution in [0, 0.1) is 0 Å². The lowest BCUT2D eigenvalue weighted by atomic mass is 10.3. The Bertz CT molecular complexity index is 325. The summed E-state index contributed by atoms with van der Waals surface area (Å²) in [6.45, 7) is 0.921. The highest BCUT2D eigenvalue weighted by atomic mass is 35.5. The molecule has 0 bridgehead atoms. The summed E-state index contributed by atoms with van der Waals surface area (Å²) in [7, 11) is 1.90. The quantitative estimate of drug-likeness (QED) is 0.740. The largest absolute Gasteiger partial charge is 0.382 e. The molecule has 5 heteroatoms. The standard InChI is InChI=1S/C9H13ClN4/c1-12-5-3-2-4-7-9(11)13-6-8(10)14-7/h2,4,6,12H,3,5H2,1H3,(H2,11,13). The zero-order chi connectivity index (χ0) is 10.4. The second kappa shape index (κ2) is 5.57. The lowest BCUT2D eigenvalue weighted by Gasteiger charge is -1.98. The van der Waals surface area contributed by atoms with E-state index in [1.165, 1.54) is 6.20 Å². The Morgan fingerprint density at radius 3 is 3.14 bits per heavy atom. The van der Waals surface area contributed by atoms with Crippen LogP contribution in [0.5, 0.6) is 0 Å². The van der Waals surface area contributed by atoms with Gasteiger partial charge in [0.25, 0.3) is 0 Å². The molecule has 0 fully saturated rings. The van der Waals surface area contributed by atoms with Crippen molar-refractivity contribution < 1.29 is 0 Å². The fourth-order valence-corrected chi connectivity index (χ4v) is 1.08. The van der Waals surface area contributed by atoms with E-state index in [2.05, 4.69) is 15.3 Å². The third kappa shape index (κ3) is 3.32. The maximum absolute atomic E-state index is 5.68. The van der Waals surface area contributed by atoms with Gasteiger partial charge in [0.15, 0.2) is 0 Å². The molecule has 0 radical (unpaired) electrons. The van der Waals surface area contributed by atoms with Crippen molar-refractivity contribution in [2.75, 3.05) is 19.3 Å². The monoisotopic (exact) mass is 212 g/mol. The molecule has 0 atom stereocenters. The molecule has 1 aromatic rings. The lowest BCUT2D eigenvalue weighted by Crippen LogP contribution is -2.05. The second-order valence-electron chi connectivity index (χ2n) is 2.76. The second-order valence-corrected chi connectivity index (χ2v) is 3.15. The Labute approximate surface area is 88.2 Å². The molecule has 76 valence electrons. The van der Waals surface area contributed by atoms with Gasteiger partial charge in [-0.3, -0.25) is 0 Å². The Hall–Kier alpha value is -1.13. The van der Waals surface area contributed by atoms with Crippen LogP contribution in [-0.4, -0.2) is 23.6 Å². The van der Waals surface area contributed by atoms with Gasteiger partial charge in [0, 0.05) is 0 Å². The first-order valence-corrected chi connectivity index (χ1v) is 4.71. The Morgan fingerprint density at radius 1 is 1.64 bits per heavy atom. The summed E-state index contributed by atoms with van der Waals surface area (Å²) in [5, 5.41) is 3.39. The smallest absolute Gasteiger partial charge is 0.149 e. The van der Waals surface area contributed by atoms with E-state index in [0.717, 1.165) is 13.0 Å². The van der Waals surface area contributed by atoms with E-state index in [4.69, 9.17) is 17.3 Å². The molecule has 0 aliphatic rings. The molecule has 1 rings (SSSR count). The SMILES string of the molecule is CNCCC=Cc1nc(Cl)cnc1N. The third-order valence-electron chi connectivity index (χ3n) is 1.64. The van der Waals surface area contributed by atoms with Gasteiger partial charge in [-0.1, -0.05) is 17.7 Å². The Balaban J connectivity index is 2.65. The molecule has 0 unspecified atom stereocenters. The molecule has 1 aromatic heterocycles. The molecule has 0 aliphatic carbocycles. The van der Waals surface area contributed by atoms with Crippen LogP contribution in [0.3, 0.4) is 0 Å². The highest BCUT2D eigenvalue weighted by molar-refractivity contribution is 6.29. The fourth-order valence-electron chi connectivity index (χ4n) is 0.935. The minimum absolute atomic E-state index is 0.354. The van der Waals surface area contributed by atoms with Crippen molar-refractivity contribution in [3.63, 3.8) is 0 Å². The predicted octanol–water partition coefficient (Wildman–Crippen LogP) is 1.33. The van der Waals surface area contributed by atoms with Crippen molar-refractivity contribution in [1.29, 1.82) is 0 Å². The summed E-state index contributed by atoms with van der Waals surface area (Å²) < 4.78 is 0. The summed E-state index contributed by atoms with van der Waals surface area (Å²) in [6.07, 6.45) is 6.16. The van der Waals surface area contributed by atoms with Gasteiger partial charge in [0.1, 0.15) is 16.7 Å². The summed E-state index contributed by atoms with van der Waals surface area (Å²) in [4.78, 5) is 7.94. The van der Waals surface area contributed by atoms with Crippen LogP contribution < -0.4 is 11.1 Å². The number of aromatic nitrogens is 2. The summed E-state index contributed by atoms with van der Waals surface area (Å²) >= 11 is 5.68. The van der Waals surface area contributed by atoms with Crippen molar-refractivity contribution in [3.05, 3.63) is 23.1 Å². The van der Waals surface area contributed by atoms with Gasteiger partial charge in [-0.05, 0) is 26.1 Å². The third-order valence-corrected chi connectivity index (χ3v) is 1.82. The number of rotatable bonds is 4. The van der Waals surface area contributed by atoms with Gasteiger partial charge in [-0.25, -0.2) is 9.97 Å². The van der Waals surface area contributed by atoms with E-state index in [1.807, 2.05) is 19.2 Å². The van der Waals surface area contributed by atoms with Crippen LogP contribution in [-0.2, 0) is 0 Å². The van der Waals surface area contributed by atoms with E-state index < -0.39 is 0 Å². The maximum Gasteiger partial charge on any atom is 0.149 e. The highest BCUT2D eigenvalue weighted by Crippen LogP contribution is 2.11. The van der Waals surface area contributed by atoms with Gasteiger partial charge in [-0.2, -0.15) is 0 Å². The van der Waals surface area contributed by atoms with E-state index in [-0.39, 0.29) is 0 Å². The zero-order valence-electron chi connectivity index (χ0n) is 8.00. The molecule has 0 amide bonds. The van der Waals surface area contributed by atoms with E-state index in [9.17, 15) is 0 Å². The molecule has 4 nitrogen and oxygen atoms in total. The molecule has 0 saturated heterocycles. The number of nitrogen functional groups attached to an aromatic ring is 1. The highest BCUT2D eigenvalue weighted by Gasteiger charge is 1.98. The van der Waals surface area contributed by atoms with E-state index in [0.29, 0.717) is 16.7 Å². The van der Waals surface area contributed by atoms with Crippen molar-refractivity contribution in [1.82, 2.24) is 15.3 Å². The topological polar surface area (TPSA) is 63.8 Å². The van der Waals surface area contributed by atoms with Gasteiger partial charge < -0.3 is 11.1 Å². The van der Waals surface area contributed by atoms with Gasteiger partial charge in [-0.15, -0.1) is 0 Å². The number of nitrogens with one attached hydrogen (secondary N) is 1. The average Bonchev–Trinajstić information content (AvgIpc) is 2.18. The normalized spacial score (nSPS) is 11.0. The molecule has 0 aliphatic heterocycles. The van der Waals surface area contributed by atoms with Crippen molar-refractivity contribution in [2.24, 2.45) is 0 Å². The maximum atomic E-state index is 5.68. The van der Waals surface area contributed by atoms with Crippen molar-refractivity contribution in [2.45, 2.75) is 6.42 Å². The lowest BCUT2D eigenvalue weighted by molar-refractivity contribution is 0.809. The minimum Gasteiger partial charge on any atom is -0.382 e. The van der Waals surface area contributed by atoms with Crippen LogP contribution in [0.15, 0.2) is 12.3 Å². The fraction of sp³-hybridized carbons (Fsp3) is 0.333. The molecule has 3 N–H and O–H groups in total. The van der Waals surface area contributed by atoms with Crippen molar-refractivity contribution >= 4 is 23.5 Å². The van der Waals surface area contributed by atoms with Crippen LogP contribution in [0.2, 0.25) is 5.15 Å². The van der Waals surface area contributed by atoms with Crippen LogP contribution in [0.25, 0.3) is 6.08 Å². The molecule has 14 heavy (non-hydrogen) atoms. The number of hydrogen-bond acceptors (Lipinski definition) is 4. The first-order chi connectivity index (χ1) is 6.74. The number of anilines is 1. The van der Waals surface area contributed by atoms with Gasteiger partial charge in [0.05, 0.1) is 6.20 Å². The van der Waals surface area contributed by atoms with Crippen LogP contribution in [0.4, 0.5) is 5.82 Å². The summed E-state index contributed by atoms with van der Waals surface area (Å²) in [5.41, 5.74) is 6.22. The van der Waals surface area contributed by atoms with Crippen molar-refractivity contribution in [3.8, 4) is 0 Å². The number of halogens is 1. The Morgan fingerprint density at radius 2 is 2.43 bits per heavy atom. The van der Waals surface area contributed by atoms with E-state index >= 15 is 0 Å². The molecular formula is C9H13ClN4.